The summed E-state index contributed by atoms with van der Waals surface area (Å²) >= 11 is 0. The van der Waals surface area contributed by atoms with Gasteiger partial charge in [0.05, 0.1) is 26.5 Å². The highest BCUT2D eigenvalue weighted by Gasteiger charge is 2.33. The number of fused-ring (bicyclic) bond motifs is 4. The van der Waals surface area contributed by atoms with Crippen molar-refractivity contribution in [2.24, 2.45) is 0 Å². The van der Waals surface area contributed by atoms with Crippen LogP contribution in [0.3, 0.4) is 0 Å². The third-order valence-corrected chi connectivity index (χ3v) is 11.1. The second-order valence-corrected chi connectivity index (χ2v) is 13.7. The largest absolute Gasteiger partial charge is 0.294 e. The fraction of sp³-hybridized carbons (Fsp3) is 0.0488. The third kappa shape index (κ3) is 3.79. The molecule has 4 nitrogen and oxygen atoms in total. The Labute approximate surface area is 267 Å². The summed E-state index contributed by atoms with van der Waals surface area (Å²) in [6.45, 7) is 2.05. The van der Waals surface area contributed by atoms with Crippen LogP contribution in [0.25, 0.3) is 71.6 Å². The third-order valence-electron chi connectivity index (χ3n) is 9.29. The van der Waals surface area contributed by atoms with E-state index in [1.807, 2.05) is 47.9 Å². The number of imidazole rings is 1. The lowest BCUT2D eigenvalue weighted by atomic mass is 9.85. The minimum Gasteiger partial charge on any atom is -0.294 e. The Balaban J connectivity index is 1.34. The summed E-state index contributed by atoms with van der Waals surface area (Å²) in [4.78, 5) is 5.40. The van der Waals surface area contributed by atoms with Crippen LogP contribution in [0.4, 0.5) is 0 Å². The van der Waals surface area contributed by atoms with Gasteiger partial charge < -0.3 is 0 Å². The van der Waals surface area contributed by atoms with Crippen LogP contribution in [-0.2, 0) is 16.3 Å². The lowest BCUT2D eigenvalue weighted by Crippen LogP contribution is -2.16. The Bertz CT molecular complexity index is 2620. The maximum absolute atomic E-state index is 14.1. The summed E-state index contributed by atoms with van der Waals surface area (Å²) in [6.07, 6.45) is 0.694. The van der Waals surface area contributed by atoms with Crippen LogP contribution in [-0.4, -0.2) is 18.0 Å². The lowest BCUT2D eigenvalue weighted by Gasteiger charge is -2.22. The van der Waals surface area contributed by atoms with Crippen molar-refractivity contribution in [2.75, 3.05) is 0 Å². The molecule has 0 amide bonds. The van der Waals surface area contributed by atoms with E-state index in [0.29, 0.717) is 32.9 Å². The second kappa shape index (κ2) is 9.99. The van der Waals surface area contributed by atoms with Crippen molar-refractivity contribution in [1.82, 2.24) is 9.55 Å². The van der Waals surface area contributed by atoms with Crippen molar-refractivity contribution < 1.29 is 8.42 Å². The van der Waals surface area contributed by atoms with Crippen LogP contribution >= 0.6 is 0 Å². The minimum absolute atomic E-state index is 0.310. The molecule has 0 spiro atoms. The smallest absolute Gasteiger partial charge is 0.210 e. The molecule has 1 aliphatic rings. The van der Waals surface area contributed by atoms with Crippen LogP contribution in [0.15, 0.2) is 149 Å². The normalized spacial score (nSPS) is 13.3. The lowest BCUT2D eigenvalue weighted by molar-refractivity contribution is 0.594. The van der Waals surface area contributed by atoms with Gasteiger partial charge in [-0.15, -0.1) is 0 Å². The molecular weight excluding hydrogens is 585 g/mol. The summed E-state index contributed by atoms with van der Waals surface area (Å²) in [6, 6.07) is 47.4. The van der Waals surface area contributed by atoms with Crippen LogP contribution < -0.4 is 0 Å². The Hall–Kier alpha value is -5.52. The molecule has 0 saturated heterocycles. The Morgan fingerprint density at radius 1 is 0.543 bits per heavy atom. The SMILES string of the molecule is CCc1nc2cccc3c2n1-c1ccc(-c2ccc4c(-c5ccccc5)c5ccccc5c(-c5ccccc5)c4c2)cc1S3(=O)=O. The van der Waals surface area contributed by atoms with Gasteiger partial charge in [0.15, 0.2) is 0 Å². The molecule has 0 unspecified atom stereocenters. The Morgan fingerprint density at radius 2 is 1.13 bits per heavy atom. The van der Waals surface area contributed by atoms with E-state index in [4.69, 9.17) is 4.98 Å². The monoisotopic (exact) mass is 612 g/mol. The number of para-hydroxylation sites is 1. The van der Waals surface area contributed by atoms with Gasteiger partial charge >= 0.3 is 0 Å². The Morgan fingerprint density at radius 3 is 1.80 bits per heavy atom. The molecule has 0 fully saturated rings. The predicted octanol–water partition coefficient (Wildman–Crippen LogP) is 10.0. The van der Waals surface area contributed by atoms with Crippen molar-refractivity contribution in [3.63, 3.8) is 0 Å². The fourth-order valence-corrected chi connectivity index (χ4v) is 8.92. The first-order chi connectivity index (χ1) is 22.5. The van der Waals surface area contributed by atoms with E-state index in [9.17, 15) is 8.42 Å². The van der Waals surface area contributed by atoms with E-state index in [0.717, 1.165) is 38.9 Å². The zero-order valence-electron chi connectivity index (χ0n) is 25.1. The number of benzene rings is 7. The van der Waals surface area contributed by atoms with Gasteiger partial charge in [-0.3, -0.25) is 4.57 Å². The van der Waals surface area contributed by atoms with Gasteiger partial charge in [-0.25, -0.2) is 13.4 Å². The van der Waals surface area contributed by atoms with Gasteiger partial charge in [0.2, 0.25) is 9.84 Å². The van der Waals surface area contributed by atoms with Gasteiger partial charge in [0.25, 0.3) is 0 Å². The van der Waals surface area contributed by atoms with Crippen molar-refractivity contribution in [2.45, 2.75) is 23.1 Å². The number of hydrogen-bond donors (Lipinski definition) is 0. The van der Waals surface area contributed by atoms with Crippen LogP contribution in [0, 0.1) is 0 Å². The van der Waals surface area contributed by atoms with Crippen molar-refractivity contribution in [1.29, 1.82) is 0 Å². The van der Waals surface area contributed by atoms with Gasteiger partial charge in [-0.05, 0) is 85.3 Å². The highest BCUT2D eigenvalue weighted by Crippen LogP contribution is 2.46. The fourth-order valence-electron chi connectivity index (χ4n) is 7.26. The molecule has 0 radical (unpaired) electrons. The predicted molar refractivity (Wildman–Crippen MR) is 187 cm³/mol. The van der Waals surface area contributed by atoms with Gasteiger partial charge in [0, 0.05) is 6.42 Å². The summed E-state index contributed by atoms with van der Waals surface area (Å²) in [7, 11) is -3.76. The summed E-state index contributed by atoms with van der Waals surface area (Å²) in [5, 5.41) is 4.65. The average Bonchev–Trinajstić information content (AvgIpc) is 3.49. The molecule has 9 rings (SSSR count). The quantitative estimate of drug-likeness (QED) is 0.186. The highest BCUT2D eigenvalue weighted by molar-refractivity contribution is 7.92. The maximum Gasteiger partial charge on any atom is 0.210 e. The average molecular weight is 613 g/mol. The number of sulfone groups is 1. The number of rotatable bonds is 4. The summed E-state index contributed by atoms with van der Waals surface area (Å²) in [5.74, 6) is 0.852. The van der Waals surface area contributed by atoms with Crippen molar-refractivity contribution in [3.8, 4) is 39.1 Å². The van der Waals surface area contributed by atoms with E-state index in [2.05, 4.69) is 91.0 Å². The van der Waals surface area contributed by atoms with Crippen molar-refractivity contribution >= 4 is 42.4 Å². The van der Waals surface area contributed by atoms with E-state index in [1.54, 1.807) is 12.1 Å². The molecule has 0 N–H and O–H groups in total. The zero-order valence-corrected chi connectivity index (χ0v) is 25.9. The van der Waals surface area contributed by atoms with Crippen molar-refractivity contribution in [3.05, 3.63) is 145 Å². The number of aryl methyl sites for hydroxylation is 1. The molecule has 0 aliphatic carbocycles. The number of nitrogens with zero attached hydrogens (tertiary/aromatic N) is 2. The summed E-state index contributed by atoms with van der Waals surface area (Å²) < 4.78 is 30.3. The number of aromatic nitrogens is 2. The molecule has 8 aromatic rings. The molecule has 0 atom stereocenters. The van der Waals surface area contributed by atoms with Gasteiger partial charge in [-0.2, -0.15) is 0 Å². The molecule has 7 aromatic carbocycles. The first-order valence-corrected chi connectivity index (χ1v) is 17.0. The Kier molecular flexibility index (Phi) is 5.83. The standard InChI is InChI=1S/C41H28N2O2S/c1-2-38-42-34-18-11-19-36-41(34)43(38)35-23-21-29(25-37(35)46(36,44)45)28-20-22-32-33(24-28)40(27-14-7-4-8-15-27)31-17-10-9-16-30(31)39(32)26-12-5-3-6-13-26/h3-25H,2H2,1H3. The molecule has 220 valence electrons. The summed E-state index contributed by atoms with van der Waals surface area (Å²) in [5.41, 5.74) is 8.50. The molecule has 1 aromatic heterocycles. The molecule has 5 heteroatoms. The van der Waals surface area contributed by atoms with Crippen LogP contribution in [0.5, 0.6) is 0 Å². The van der Waals surface area contributed by atoms with E-state index in [-0.39, 0.29) is 0 Å². The molecule has 1 aliphatic heterocycles. The maximum atomic E-state index is 14.1. The minimum atomic E-state index is -3.76. The van der Waals surface area contributed by atoms with E-state index < -0.39 is 9.84 Å². The van der Waals surface area contributed by atoms with Crippen LogP contribution in [0.1, 0.15) is 12.7 Å². The van der Waals surface area contributed by atoms with Crippen LogP contribution in [0.2, 0.25) is 0 Å². The molecule has 46 heavy (non-hydrogen) atoms. The molecule has 2 heterocycles. The van der Waals surface area contributed by atoms with E-state index >= 15 is 0 Å². The first-order valence-electron chi connectivity index (χ1n) is 15.5. The first kappa shape index (κ1) is 26.8. The molecule has 0 bridgehead atoms. The number of hydrogen-bond acceptors (Lipinski definition) is 3. The van der Waals surface area contributed by atoms with Gasteiger partial charge in [0.1, 0.15) is 5.82 Å². The highest BCUT2D eigenvalue weighted by atomic mass is 32.2. The van der Waals surface area contributed by atoms with E-state index in [1.165, 1.54) is 21.9 Å². The molecule has 0 saturated carbocycles. The van der Waals surface area contributed by atoms with Gasteiger partial charge in [-0.1, -0.05) is 116 Å². The topological polar surface area (TPSA) is 52.0 Å². The second-order valence-electron chi connectivity index (χ2n) is 11.8. The zero-order chi connectivity index (χ0) is 31.0. The molecular formula is C41H28N2O2S.